The molecule has 0 saturated heterocycles. The zero-order valence-corrected chi connectivity index (χ0v) is 15.0. The van der Waals surface area contributed by atoms with Crippen molar-refractivity contribution in [2.75, 3.05) is 0 Å². The van der Waals surface area contributed by atoms with Crippen LogP contribution >= 0.6 is 0 Å². The number of hydrogen-bond donors (Lipinski definition) is 1. The average molecular weight is 351 g/mol. The van der Waals surface area contributed by atoms with Crippen molar-refractivity contribution in [1.29, 1.82) is 0 Å². The second-order valence-electron chi connectivity index (χ2n) is 6.72. The van der Waals surface area contributed by atoms with Gasteiger partial charge >= 0.3 is 0 Å². The number of nitro groups is 1. The van der Waals surface area contributed by atoms with Gasteiger partial charge in [0.05, 0.1) is 10.5 Å². The third-order valence-electron chi connectivity index (χ3n) is 3.75. The number of amides is 1. The summed E-state index contributed by atoms with van der Waals surface area (Å²) in [5, 5.41) is 14.8. The van der Waals surface area contributed by atoms with Gasteiger partial charge in [0.1, 0.15) is 0 Å². The van der Waals surface area contributed by atoms with E-state index in [1.807, 2.05) is 12.1 Å². The second kappa shape index (κ2) is 8.20. The number of hydrogen-bond acceptors (Lipinski definition) is 4. The number of nitrogens with zero attached hydrogens (tertiary/aromatic N) is 2. The molecule has 0 heterocycles. The van der Waals surface area contributed by atoms with Crippen LogP contribution < -0.4 is 5.43 Å². The molecule has 134 valence electrons. The van der Waals surface area contributed by atoms with E-state index in [9.17, 15) is 14.9 Å². The molecule has 6 heteroatoms. The molecule has 1 N–H and O–H groups in total. The van der Waals surface area contributed by atoms with E-state index < -0.39 is 4.92 Å². The summed E-state index contributed by atoms with van der Waals surface area (Å²) in [4.78, 5) is 22.5. The molecule has 2 aromatic rings. The van der Waals surface area contributed by atoms with Crippen LogP contribution in [0.25, 0.3) is 6.08 Å². The molecule has 0 spiro atoms. The lowest BCUT2D eigenvalue weighted by atomic mass is 9.87. The topological polar surface area (TPSA) is 84.6 Å². The molecule has 6 nitrogen and oxygen atoms in total. The fourth-order valence-electron chi connectivity index (χ4n) is 2.27. The molecule has 2 rings (SSSR count). The molecular formula is C20H21N3O3. The van der Waals surface area contributed by atoms with Crippen LogP contribution in [0, 0.1) is 10.1 Å². The summed E-state index contributed by atoms with van der Waals surface area (Å²) >= 11 is 0. The lowest BCUT2D eigenvalue weighted by Gasteiger charge is -2.18. The number of para-hydroxylation sites is 1. The fourth-order valence-corrected chi connectivity index (χ4v) is 2.27. The van der Waals surface area contributed by atoms with Crippen LogP contribution in [0.15, 0.2) is 59.7 Å². The van der Waals surface area contributed by atoms with Crippen LogP contribution in [-0.4, -0.2) is 17.0 Å². The Morgan fingerprint density at radius 3 is 2.38 bits per heavy atom. The summed E-state index contributed by atoms with van der Waals surface area (Å²) in [5.74, 6) is -0.319. The highest BCUT2D eigenvalue weighted by atomic mass is 16.6. The van der Waals surface area contributed by atoms with Crippen molar-refractivity contribution < 1.29 is 9.72 Å². The first-order valence-electron chi connectivity index (χ1n) is 8.13. The molecule has 0 fully saturated rings. The highest BCUT2D eigenvalue weighted by Crippen LogP contribution is 2.22. The maximum absolute atomic E-state index is 12.0. The summed E-state index contributed by atoms with van der Waals surface area (Å²) in [6.07, 6.45) is 4.47. The maximum atomic E-state index is 12.0. The Bertz CT molecular complexity index is 847. The van der Waals surface area contributed by atoms with E-state index in [-0.39, 0.29) is 17.0 Å². The summed E-state index contributed by atoms with van der Waals surface area (Å²) in [7, 11) is 0. The molecule has 0 bridgehead atoms. The third-order valence-corrected chi connectivity index (χ3v) is 3.75. The van der Waals surface area contributed by atoms with E-state index in [2.05, 4.69) is 31.3 Å². The van der Waals surface area contributed by atoms with Crippen molar-refractivity contribution in [3.63, 3.8) is 0 Å². The van der Waals surface area contributed by atoms with Gasteiger partial charge in [-0.15, -0.1) is 0 Å². The Balaban J connectivity index is 1.96. The number of benzene rings is 2. The zero-order chi connectivity index (χ0) is 19.2. The van der Waals surface area contributed by atoms with Crippen molar-refractivity contribution in [2.24, 2.45) is 5.10 Å². The Labute approximate surface area is 152 Å². The Morgan fingerprint density at radius 2 is 1.77 bits per heavy atom. The van der Waals surface area contributed by atoms with Crippen molar-refractivity contribution in [1.82, 2.24) is 5.43 Å². The van der Waals surface area contributed by atoms with E-state index >= 15 is 0 Å². The third kappa shape index (κ3) is 5.11. The second-order valence-corrected chi connectivity index (χ2v) is 6.72. The number of allylic oxidation sites excluding steroid dienone is 1. The van der Waals surface area contributed by atoms with Gasteiger partial charge in [-0.3, -0.25) is 14.9 Å². The average Bonchev–Trinajstić information content (AvgIpc) is 2.61. The largest absolute Gasteiger partial charge is 0.276 e. The number of nitro benzene ring substituents is 1. The van der Waals surface area contributed by atoms with Gasteiger partial charge in [0.25, 0.3) is 11.6 Å². The maximum Gasteiger partial charge on any atom is 0.276 e. The standard InChI is InChI=1S/C20H21N3O3/c1-20(2,3)17-12-10-16(11-13-17)19(24)22-21-14-6-8-15-7-4-5-9-18(15)23(25)26/h4-14H,1-3H3,(H,22,24)/b8-6+,21-14+. The van der Waals surface area contributed by atoms with Crippen LogP contribution in [-0.2, 0) is 5.41 Å². The number of rotatable bonds is 5. The van der Waals surface area contributed by atoms with Gasteiger partial charge in [-0.2, -0.15) is 5.10 Å². The number of hydrazone groups is 1. The van der Waals surface area contributed by atoms with Gasteiger partial charge in [-0.1, -0.05) is 45.0 Å². The molecule has 0 aliphatic heterocycles. The first-order valence-corrected chi connectivity index (χ1v) is 8.13. The predicted octanol–water partition coefficient (Wildman–Crippen LogP) is 4.32. The Hall–Kier alpha value is -3.28. The first-order chi connectivity index (χ1) is 12.3. The normalized spacial score (nSPS) is 11.8. The molecule has 0 aliphatic carbocycles. The molecule has 2 aromatic carbocycles. The van der Waals surface area contributed by atoms with Gasteiger partial charge in [0.15, 0.2) is 0 Å². The molecule has 0 atom stereocenters. The highest BCUT2D eigenvalue weighted by Gasteiger charge is 2.14. The molecule has 0 aliphatic rings. The molecule has 0 unspecified atom stereocenters. The van der Waals surface area contributed by atoms with E-state index in [0.717, 1.165) is 5.56 Å². The summed E-state index contributed by atoms with van der Waals surface area (Å²) in [5.41, 5.74) is 4.59. The van der Waals surface area contributed by atoms with Crippen molar-refractivity contribution >= 4 is 23.9 Å². The van der Waals surface area contributed by atoms with Gasteiger partial charge in [-0.05, 0) is 41.3 Å². The lowest BCUT2D eigenvalue weighted by Crippen LogP contribution is -2.18. The van der Waals surface area contributed by atoms with Crippen molar-refractivity contribution in [3.8, 4) is 0 Å². The Kier molecular flexibility index (Phi) is 6.01. The van der Waals surface area contributed by atoms with Crippen LogP contribution in [0.3, 0.4) is 0 Å². The lowest BCUT2D eigenvalue weighted by molar-refractivity contribution is -0.385. The van der Waals surface area contributed by atoms with Crippen LogP contribution in [0.4, 0.5) is 5.69 Å². The Morgan fingerprint density at radius 1 is 1.12 bits per heavy atom. The minimum absolute atomic E-state index is 0.0140. The molecule has 0 radical (unpaired) electrons. The van der Waals surface area contributed by atoms with Crippen LogP contribution in [0.5, 0.6) is 0 Å². The zero-order valence-electron chi connectivity index (χ0n) is 15.0. The van der Waals surface area contributed by atoms with E-state index in [4.69, 9.17) is 0 Å². The highest BCUT2D eigenvalue weighted by molar-refractivity contribution is 5.94. The molecule has 0 saturated carbocycles. The molecule has 0 aromatic heterocycles. The smallest absolute Gasteiger partial charge is 0.267 e. The quantitative estimate of drug-likeness (QED) is 0.494. The number of carbonyl (C=O) groups excluding carboxylic acids is 1. The van der Waals surface area contributed by atoms with Crippen molar-refractivity contribution in [3.05, 3.63) is 81.4 Å². The van der Waals surface area contributed by atoms with Gasteiger partial charge in [0, 0.05) is 17.8 Å². The molecule has 1 amide bonds. The van der Waals surface area contributed by atoms with E-state index in [0.29, 0.717) is 11.1 Å². The van der Waals surface area contributed by atoms with Crippen LogP contribution in [0.2, 0.25) is 0 Å². The predicted molar refractivity (Wildman–Crippen MR) is 103 cm³/mol. The number of carbonyl (C=O) groups is 1. The molecular weight excluding hydrogens is 330 g/mol. The monoisotopic (exact) mass is 351 g/mol. The summed E-state index contributed by atoms with van der Waals surface area (Å²) in [6.45, 7) is 6.32. The van der Waals surface area contributed by atoms with Gasteiger partial charge in [0.2, 0.25) is 0 Å². The first kappa shape index (κ1) is 19.1. The summed E-state index contributed by atoms with van der Waals surface area (Å²) < 4.78 is 0. The van der Waals surface area contributed by atoms with Gasteiger partial charge < -0.3 is 0 Å². The SMILES string of the molecule is CC(C)(C)c1ccc(C(=O)N/N=C/C=C/c2ccccc2[N+](=O)[O-])cc1. The van der Waals surface area contributed by atoms with E-state index in [1.165, 1.54) is 18.4 Å². The van der Waals surface area contributed by atoms with Gasteiger partial charge in [-0.25, -0.2) is 5.43 Å². The summed E-state index contributed by atoms with van der Waals surface area (Å²) in [6, 6.07) is 13.8. The number of nitrogens with one attached hydrogen (secondary N) is 1. The minimum Gasteiger partial charge on any atom is -0.267 e. The van der Waals surface area contributed by atoms with Crippen molar-refractivity contribution in [2.45, 2.75) is 26.2 Å². The van der Waals surface area contributed by atoms with Crippen LogP contribution in [0.1, 0.15) is 42.3 Å². The minimum atomic E-state index is -0.445. The fraction of sp³-hybridized carbons (Fsp3) is 0.200. The molecule has 26 heavy (non-hydrogen) atoms. The van der Waals surface area contributed by atoms with E-state index in [1.54, 1.807) is 36.4 Å².